The van der Waals surface area contributed by atoms with Gasteiger partial charge < -0.3 is 5.32 Å². The van der Waals surface area contributed by atoms with Crippen molar-refractivity contribution in [3.63, 3.8) is 0 Å². The lowest BCUT2D eigenvalue weighted by Crippen LogP contribution is -2.29. The fraction of sp³-hybridized carbons (Fsp3) is 0.312. The average molecular weight is 408 g/mol. The summed E-state index contributed by atoms with van der Waals surface area (Å²) in [5, 5.41) is 2.50. The van der Waals surface area contributed by atoms with E-state index in [1.807, 2.05) is 6.92 Å². The maximum absolute atomic E-state index is 12.6. The molecule has 0 amide bonds. The van der Waals surface area contributed by atoms with Gasteiger partial charge in [-0.3, -0.25) is 0 Å². The fourth-order valence-corrected chi connectivity index (χ4v) is 3.76. The number of alkyl halides is 3. The van der Waals surface area contributed by atoms with E-state index in [-0.39, 0.29) is 28.8 Å². The van der Waals surface area contributed by atoms with Crippen molar-refractivity contribution in [2.45, 2.75) is 24.9 Å². The van der Waals surface area contributed by atoms with Crippen molar-refractivity contribution in [3.05, 3.63) is 52.2 Å². The van der Waals surface area contributed by atoms with Gasteiger partial charge in [0.1, 0.15) is 5.82 Å². The normalized spacial score (nSPS) is 12.2. The van der Waals surface area contributed by atoms with Gasteiger partial charge in [0.05, 0.1) is 15.5 Å². The number of nitrogens with one attached hydrogen (secondary N) is 2. The first-order chi connectivity index (χ1) is 12.0. The number of pyridine rings is 1. The van der Waals surface area contributed by atoms with Gasteiger partial charge in [0.15, 0.2) is 0 Å². The molecule has 2 N–H and O–H groups in total. The van der Waals surface area contributed by atoms with Gasteiger partial charge in [-0.15, -0.1) is 0 Å². The molecule has 1 heterocycles. The Morgan fingerprint density at radius 2 is 1.85 bits per heavy atom. The minimum atomic E-state index is -4.53. The van der Waals surface area contributed by atoms with Crippen molar-refractivity contribution < 1.29 is 21.6 Å². The zero-order valence-corrected chi connectivity index (χ0v) is 15.6. The lowest BCUT2D eigenvalue weighted by molar-refractivity contribution is -0.137. The first-order valence-electron chi connectivity index (χ1n) is 7.54. The van der Waals surface area contributed by atoms with Crippen LogP contribution in [0.4, 0.5) is 19.0 Å². The van der Waals surface area contributed by atoms with E-state index >= 15 is 0 Å². The third kappa shape index (κ3) is 5.09. The molecule has 0 radical (unpaired) electrons. The first-order valence-corrected chi connectivity index (χ1v) is 9.40. The molecule has 0 aliphatic carbocycles. The van der Waals surface area contributed by atoms with Crippen LogP contribution >= 0.6 is 11.6 Å². The Morgan fingerprint density at radius 1 is 1.15 bits per heavy atom. The molecule has 2 rings (SSSR count). The van der Waals surface area contributed by atoms with Crippen LogP contribution < -0.4 is 10.0 Å². The van der Waals surface area contributed by atoms with Gasteiger partial charge in [-0.05, 0) is 31.5 Å². The van der Waals surface area contributed by atoms with Crippen molar-refractivity contribution in [2.75, 3.05) is 18.4 Å². The molecule has 0 fully saturated rings. The quantitative estimate of drug-likeness (QED) is 0.715. The van der Waals surface area contributed by atoms with Crippen LogP contribution in [-0.4, -0.2) is 26.5 Å². The van der Waals surface area contributed by atoms with Crippen LogP contribution in [0.15, 0.2) is 35.4 Å². The largest absolute Gasteiger partial charge is 0.417 e. The van der Waals surface area contributed by atoms with Crippen LogP contribution in [0, 0.1) is 13.8 Å². The van der Waals surface area contributed by atoms with Crippen LogP contribution in [0.5, 0.6) is 0 Å². The lowest BCUT2D eigenvalue weighted by atomic mass is 10.2. The Hall–Kier alpha value is -1.84. The number of nitrogens with zero attached hydrogens (tertiary/aromatic N) is 1. The number of aromatic nitrogens is 1. The molecule has 142 valence electrons. The summed E-state index contributed by atoms with van der Waals surface area (Å²) in [6.07, 6.45) is -3.87. The molecule has 2 aromatic rings. The molecule has 26 heavy (non-hydrogen) atoms. The van der Waals surface area contributed by atoms with Crippen LogP contribution in [0.2, 0.25) is 5.02 Å². The van der Waals surface area contributed by atoms with Crippen LogP contribution in [0.1, 0.15) is 16.7 Å². The maximum Gasteiger partial charge on any atom is 0.417 e. The van der Waals surface area contributed by atoms with Gasteiger partial charge in [0.2, 0.25) is 10.0 Å². The monoisotopic (exact) mass is 407 g/mol. The molecule has 1 aromatic heterocycles. The van der Waals surface area contributed by atoms with E-state index in [2.05, 4.69) is 15.0 Å². The molecule has 5 nitrogen and oxygen atoms in total. The van der Waals surface area contributed by atoms with Crippen molar-refractivity contribution >= 4 is 27.4 Å². The third-order valence-electron chi connectivity index (χ3n) is 3.50. The second kappa shape index (κ2) is 7.81. The predicted octanol–water partition coefficient (Wildman–Crippen LogP) is 3.76. The minimum Gasteiger partial charge on any atom is -0.368 e. The van der Waals surface area contributed by atoms with Crippen LogP contribution in [-0.2, 0) is 16.2 Å². The third-order valence-corrected chi connectivity index (χ3v) is 5.41. The summed E-state index contributed by atoms with van der Waals surface area (Å²) in [6, 6.07) is 5.75. The SMILES string of the molecule is Cc1ccc(S(=O)(=O)NCCNc2ncc(C(F)(F)F)cc2Cl)c(C)c1. The van der Waals surface area contributed by atoms with Gasteiger partial charge in [-0.1, -0.05) is 29.3 Å². The Kier molecular flexibility index (Phi) is 6.15. The van der Waals surface area contributed by atoms with E-state index < -0.39 is 21.8 Å². The number of rotatable bonds is 6. The minimum absolute atomic E-state index is 0.00861. The summed E-state index contributed by atoms with van der Waals surface area (Å²) in [7, 11) is -3.69. The van der Waals surface area contributed by atoms with E-state index in [4.69, 9.17) is 11.6 Å². The predicted molar refractivity (Wildman–Crippen MR) is 93.8 cm³/mol. The molecular formula is C16H17ClF3N3O2S. The van der Waals surface area contributed by atoms with E-state index in [0.29, 0.717) is 11.8 Å². The number of aryl methyl sites for hydroxylation is 2. The number of hydrogen-bond acceptors (Lipinski definition) is 4. The van der Waals surface area contributed by atoms with E-state index in [0.717, 1.165) is 11.6 Å². The highest BCUT2D eigenvalue weighted by Gasteiger charge is 2.31. The maximum atomic E-state index is 12.6. The average Bonchev–Trinajstić information content (AvgIpc) is 2.51. The summed E-state index contributed by atoms with van der Waals surface area (Å²) in [4.78, 5) is 3.80. The molecule has 0 saturated heterocycles. The van der Waals surface area contributed by atoms with Gasteiger partial charge in [-0.25, -0.2) is 18.1 Å². The highest BCUT2D eigenvalue weighted by Crippen LogP contribution is 2.32. The molecule has 0 atom stereocenters. The van der Waals surface area contributed by atoms with Crippen molar-refractivity contribution in [1.29, 1.82) is 0 Å². The van der Waals surface area contributed by atoms with Crippen LogP contribution in [0.3, 0.4) is 0 Å². The molecule has 10 heteroatoms. The lowest BCUT2D eigenvalue weighted by Gasteiger charge is -2.12. The summed E-state index contributed by atoms with van der Waals surface area (Å²) in [5.74, 6) is 0.0466. The van der Waals surface area contributed by atoms with E-state index in [1.54, 1.807) is 19.1 Å². The highest BCUT2D eigenvalue weighted by atomic mass is 35.5. The molecular weight excluding hydrogens is 391 g/mol. The van der Waals surface area contributed by atoms with Crippen molar-refractivity contribution in [2.24, 2.45) is 0 Å². The first kappa shape index (κ1) is 20.5. The second-order valence-corrected chi connectivity index (χ2v) is 7.79. The Labute approximate surface area is 154 Å². The number of hydrogen-bond donors (Lipinski definition) is 2. The number of anilines is 1. The molecule has 0 bridgehead atoms. The van der Waals surface area contributed by atoms with E-state index in [9.17, 15) is 21.6 Å². The summed E-state index contributed by atoms with van der Waals surface area (Å²) in [5.41, 5.74) is 0.618. The Morgan fingerprint density at radius 3 is 2.42 bits per heavy atom. The summed E-state index contributed by atoms with van der Waals surface area (Å²) >= 11 is 5.77. The highest BCUT2D eigenvalue weighted by molar-refractivity contribution is 7.89. The van der Waals surface area contributed by atoms with Gasteiger partial charge >= 0.3 is 6.18 Å². The molecule has 1 aromatic carbocycles. The summed E-state index contributed by atoms with van der Waals surface area (Å²) in [6.45, 7) is 3.67. The Bertz CT molecular complexity index is 902. The molecule has 0 spiro atoms. The summed E-state index contributed by atoms with van der Waals surface area (Å²) < 4.78 is 64.7. The number of halogens is 4. The number of benzene rings is 1. The molecule has 0 unspecified atom stereocenters. The zero-order chi connectivity index (χ0) is 19.5. The van der Waals surface area contributed by atoms with Gasteiger partial charge in [0, 0.05) is 19.3 Å². The molecule has 0 aliphatic rings. The van der Waals surface area contributed by atoms with E-state index in [1.165, 1.54) is 6.07 Å². The van der Waals surface area contributed by atoms with Crippen LogP contribution in [0.25, 0.3) is 0 Å². The number of sulfonamides is 1. The Balaban J connectivity index is 1.96. The second-order valence-electron chi connectivity index (χ2n) is 5.65. The molecule has 0 aliphatic heterocycles. The zero-order valence-electron chi connectivity index (χ0n) is 14.0. The van der Waals surface area contributed by atoms with Crippen molar-refractivity contribution in [1.82, 2.24) is 9.71 Å². The smallest absolute Gasteiger partial charge is 0.368 e. The fourth-order valence-electron chi connectivity index (χ4n) is 2.27. The molecule has 0 saturated carbocycles. The van der Waals surface area contributed by atoms with Gasteiger partial charge in [0.25, 0.3) is 0 Å². The topological polar surface area (TPSA) is 71.1 Å². The van der Waals surface area contributed by atoms with Gasteiger partial charge in [-0.2, -0.15) is 13.2 Å². The van der Waals surface area contributed by atoms with Crippen molar-refractivity contribution in [3.8, 4) is 0 Å². The standard InChI is InChI=1S/C16H17ClF3N3O2S/c1-10-3-4-14(11(2)7-10)26(24,25)23-6-5-21-15-13(17)8-12(9-22-15)16(18,19)20/h3-4,7-9,23H,5-6H2,1-2H3,(H,21,22).